The molecule has 3 nitrogen and oxygen atoms in total. The molecule has 0 radical (unpaired) electrons. The van der Waals surface area contributed by atoms with Gasteiger partial charge in [-0.25, -0.2) is 4.39 Å². The Labute approximate surface area is 101 Å². The standard InChI is InChI=1S/C11H12F4N2O/c1-7-2-8(12)4-9(3-7)16-5-10(18)17-6-11(13,14)15/h2-4,16H,5-6H2,1H3,(H,17,18). The monoisotopic (exact) mass is 264 g/mol. The van der Waals surface area contributed by atoms with Crippen LogP contribution in [0.4, 0.5) is 23.2 Å². The highest BCUT2D eigenvalue weighted by Gasteiger charge is 2.27. The van der Waals surface area contributed by atoms with Crippen molar-refractivity contribution in [3.05, 3.63) is 29.6 Å². The fourth-order valence-electron chi connectivity index (χ4n) is 1.28. The van der Waals surface area contributed by atoms with Crippen molar-refractivity contribution in [3.8, 4) is 0 Å². The average molecular weight is 264 g/mol. The molecule has 1 rings (SSSR count). The predicted octanol–water partition coefficient (Wildman–Crippen LogP) is 2.22. The Kier molecular flexibility index (Phi) is 4.52. The average Bonchev–Trinajstić information content (AvgIpc) is 2.21. The molecule has 0 saturated carbocycles. The first-order valence-electron chi connectivity index (χ1n) is 5.11. The van der Waals surface area contributed by atoms with E-state index in [2.05, 4.69) is 5.32 Å². The van der Waals surface area contributed by atoms with Crippen LogP contribution in [0.2, 0.25) is 0 Å². The van der Waals surface area contributed by atoms with Crippen molar-refractivity contribution < 1.29 is 22.4 Å². The fraction of sp³-hybridized carbons (Fsp3) is 0.364. The van der Waals surface area contributed by atoms with Crippen LogP contribution < -0.4 is 10.6 Å². The lowest BCUT2D eigenvalue weighted by Crippen LogP contribution is -2.37. The van der Waals surface area contributed by atoms with Crippen molar-refractivity contribution in [1.29, 1.82) is 0 Å². The summed E-state index contributed by atoms with van der Waals surface area (Å²) in [4.78, 5) is 11.1. The molecule has 0 aliphatic heterocycles. The highest BCUT2D eigenvalue weighted by Crippen LogP contribution is 2.13. The van der Waals surface area contributed by atoms with Gasteiger partial charge < -0.3 is 10.6 Å². The number of nitrogens with one attached hydrogen (secondary N) is 2. The lowest BCUT2D eigenvalue weighted by molar-refractivity contribution is -0.137. The third kappa shape index (κ3) is 5.51. The summed E-state index contributed by atoms with van der Waals surface area (Å²) in [6.07, 6.45) is -4.44. The predicted molar refractivity (Wildman–Crippen MR) is 58.7 cm³/mol. The molecule has 0 aliphatic rings. The van der Waals surface area contributed by atoms with Gasteiger partial charge in [0.2, 0.25) is 5.91 Å². The number of alkyl halides is 3. The second kappa shape index (κ2) is 5.70. The Morgan fingerprint density at radius 3 is 2.50 bits per heavy atom. The van der Waals surface area contributed by atoms with Gasteiger partial charge >= 0.3 is 6.18 Å². The Bertz CT molecular complexity index is 411. The molecular weight excluding hydrogens is 252 g/mol. The van der Waals surface area contributed by atoms with Crippen LogP contribution in [0, 0.1) is 12.7 Å². The highest BCUT2D eigenvalue weighted by molar-refractivity contribution is 5.80. The third-order valence-corrected chi connectivity index (χ3v) is 1.98. The van der Waals surface area contributed by atoms with Gasteiger partial charge in [0.15, 0.2) is 0 Å². The molecule has 0 saturated heterocycles. The van der Waals surface area contributed by atoms with Crippen LogP contribution in [-0.2, 0) is 4.79 Å². The summed E-state index contributed by atoms with van der Waals surface area (Å²) >= 11 is 0. The van der Waals surface area contributed by atoms with Gasteiger partial charge in [0, 0.05) is 5.69 Å². The number of amides is 1. The van der Waals surface area contributed by atoms with Gasteiger partial charge in [0.1, 0.15) is 12.4 Å². The number of carbonyl (C=O) groups excluding carboxylic acids is 1. The zero-order valence-electron chi connectivity index (χ0n) is 9.57. The minimum Gasteiger partial charge on any atom is -0.376 e. The zero-order chi connectivity index (χ0) is 13.8. The summed E-state index contributed by atoms with van der Waals surface area (Å²) in [7, 11) is 0. The molecule has 2 N–H and O–H groups in total. The molecule has 0 aromatic heterocycles. The number of rotatable bonds is 4. The van der Waals surface area contributed by atoms with Crippen molar-refractivity contribution in [3.63, 3.8) is 0 Å². The van der Waals surface area contributed by atoms with Crippen LogP contribution in [0.25, 0.3) is 0 Å². The second-order valence-electron chi connectivity index (χ2n) is 3.76. The Morgan fingerprint density at radius 2 is 1.94 bits per heavy atom. The molecule has 1 aromatic rings. The lowest BCUT2D eigenvalue weighted by Gasteiger charge is -2.10. The minimum atomic E-state index is -4.44. The maximum Gasteiger partial charge on any atom is 0.405 e. The van der Waals surface area contributed by atoms with Crippen molar-refractivity contribution in [2.75, 3.05) is 18.4 Å². The van der Waals surface area contributed by atoms with Crippen LogP contribution >= 0.6 is 0 Å². The molecule has 0 spiro atoms. The van der Waals surface area contributed by atoms with E-state index in [0.29, 0.717) is 11.3 Å². The summed E-state index contributed by atoms with van der Waals surface area (Å²) in [6, 6.07) is 4.04. The van der Waals surface area contributed by atoms with E-state index in [-0.39, 0.29) is 6.54 Å². The largest absolute Gasteiger partial charge is 0.405 e. The molecule has 0 aliphatic carbocycles. The SMILES string of the molecule is Cc1cc(F)cc(NCC(=O)NCC(F)(F)F)c1. The maximum absolute atomic E-state index is 13.0. The summed E-state index contributed by atoms with van der Waals surface area (Å²) in [5.41, 5.74) is 0.989. The molecule has 0 fully saturated rings. The molecule has 0 heterocycles. The van der Waals surface area contributed by atoms with Crippen LogP contribution in [0.5, 0.6) is 0 Å². The Hall–Kier alpha value is -1.79. The summed E-state index contributed by atoms with van der Waals surface area (Å²) in [6.45, 7) is -0.0628. The van der Waals surface area contributed by atoms with Gasteiger partial charge in [-0.05, 0) is 30.7 Å². The molecule has 1 aromatic carbocycles. The lowest BCUT2D eigenvalue weighted by atomic mass is 10.2. The van der Waals surface area contributed by atoms with E-state index in [1.165, 1.54) is 6.07 Å². The highest BCUT2D eigenvalue weighted by atomic mass is 19.4. The zero-order valence-corrected chi connectivity index (χ0v) is 9.57. The molecule has 0 unspecified atom stereocenters. The normalized spacial score (nSPS) is 11.2. The number of aryl methyl sites for hydroxylation is 1. The second-order valence-corrected chi connectivity index (χ2v) is 3.76. The quantitative estimate of drug-likeness (QED) is 0.819. The van der Waals surface area contributed by atoms with E-state index in [1.807, 2.05) is 0 Å². The van der Waals surface area contributed by atoms with Crippen LogP contribution in [0.15, 0.2) is 18.2 Å². The van der Waals surface area contributed by atoms with Crippen LogP contribution in [-0.4, -0.2) is 25.2 Å². The first-order chi connectivity index (χ1) is 8.26. The number of halogens is 4. The van der Waals surface area contributed by atoms with Crippen molar-refractivity contribution in [2.45, 2.75) is 13.1 Å². The molecule has 100 valence electrons. The summed E-state index contributed by atoms with van der Waals surface area (Å²) < 4.78 is 48.4. The van der Waals surface area contributed by atoms with Crippen LogP contribution in [0.3, 0.4) is 0 Å². The van der Waals surface area contributed by atoms with E-state index < -0.39 is 24.4 Å². The van der Waals surface area contributed by atoms with Gasteiger partial charge in [-0.3, -0.25) is 4.79 Å². The smallest absolute Gasteiger partial charge is 0.376 e. The van der Waals surface area contributed by atoms with E-state index in [4.69, 9.17) is 0 Å². The number of hydrogen-bond acceptors (Lipinski definition) is 2. The number of hydrogen-bond donors (Lipinski definition) is 2. The molecular formula is C11H12F4N2O. The third-order valence-electron chi connectivity index (χ3n) is 1.98. The van der Waals surface area contributed by atoms with E-state index >= 15 is 0 Å². The summed E-state index contributed by atoms with van der Waals surface area (Å²) in [5, 5.41) is 4.24. The Morgan fingerprint density at radius 1 is 1.28 bits per heavy atom. The van der Waals surface area contributed by atoms with Crippen molar-refractivity contribution in [1.82, 2.24) is 5.32 Å². The first-order valence-corrected chi connectivity index (χ1v) is 5.11. The van der Waals surface area contributed by atoms with Gasteiger partial charge in [-0.2, -0.15) is 13.2 Å². The Balaban J connectivity index is 2.43. The molecule has 0 bridgehead atoms. The van der Waals surface area contributed by atoms with Crippen molar-refractivity contribution >= 4 is 11.6 Å². The number of benzene rings is 1. The number of carbonyl (C=O) groups is 1. The topological polar surface area (TPSA) is 41.1 Å². The number of anilines is 1. The molecule has 1 amide bonds. The van der Waals surface area contributed by atoms with Crippen molar-refractivity contribution in [2.24, 2.45) is 0 Å². The summed E-state index contributed by atoms with van der Waals surface area (Å²) in [5.74, 6) is -1.29. The van der Waals surface area contributed by atoms with Gasteiger partial charge in [-0.15, -0.1) is 0 Å². The molecule has 7 heteroatoms. The molecule has 0 atom stereocenters. The first kappa shape index (κ1) is 14.3. The van der Waals surface area contributed by atoms with Crippen LogP contribution in [0.1, 0.15) is 5.56 Å². The van der Waals surface area contributed by atoms with E-state index in [1.54, 1.807) is 18.3 Å². The van der Waals surface area contributed by atoms with Gasteiger partial charge in [-0.1, -0.05) is 0 Å². The van der Waals surface area contributed by atoms with E-state index in [0.717, 1.165) is 6.07 Å². The maximum atomic E-state index is 13.0. The van der Waals surface area contributed by atoms with Gasteiger partial charge in [0.25, 0.3) is 0 Å². The van der Waals surface area contributed by atoms with E-state index in [9.17, 15) is 22.4 Å². The minimum absolute atomic E-state index is 0.342. The van der Waals surface area contributed by atoms with Gasteiger partial charge in [0.05, 0.1) is 6.54 Å². The fourth-order valence-corrected chi connectivity index (χ4v) is 1.28. The molecule has 18 heavy (non-hydrogen) atoms.